The van der Waals surface area contributed by atoms with E-state index >= 15 is 0 Å². The van der Waals surface area contributed by atoms with Gasteiger partial charge in [-0.2, -0.15) is 0 Å². The Morgan fingerprint density at radius 2 is 2.15 bits per heavy atom. The average Bonchev–Trinajstić information content (AvgIpc) is 2.79. The van der Waals surface area contributed by atoms with Crippen LogP contribution in [0.3, 0.4) is 0 Å². The number of ether oxygens (including phenoxy) is 1. The fraction of sp³-hybridized carbons (Fsp3) is 0.467. The van der Waals surface area contributed by atoms with E-state index in [2.05, 4.69) is 11.8 Å². The molecule has 1 saturated heterocycles. The van der Waals surface area contributed by atoms with Crippen LogP contribution in [0.15, 0.2) is 18.2 Å². The molecule has 20 heavy (non-hydrogen) atoms. The second kappa shape index (κ2) is 5.79. The number of esters is 1. The van der Waals surface area contributed by atoms with Crippen molar-refractivity contribution in [3.63, 3.8) is 0 Å². The number of para-hydroxylation sites is 1. The van der Waals surface area contributed by atoms with E-state index in [-0.39, 0.29) is 17.8 Å². The van der Waals surface area contributed by atoms with Crippen LogP contribution in [0.5, 0.6) is 0 Å². The third-order valence-corrected chi connectivity index (χ3v) is 4.16. The number of aryl methyl sites for hydroxylation is 1. The molecule has 0 aliphatic carbocycles. The summed E-state index contributed by atoms with van der Waals surface area (Å²) >= 11 is 5.14. The molecule has 2 atom stereocenters. The van der Waals surface area contributed by atoms with Crippen molar-refractivity contribution in [2.24, 2.45) is 17.6 Å². The monoisotopic (exact) mass is 292 g/mol. The molecule has 0 aromatic heterocycles. The first-order chi connectivity index (χ1) is 9.45. The number of nitrogens with zero attached hydrogens (tertiary/aromatic N) is 1. The summed E-state index contributed by atoms with van der Waals surface area (Å²) < 4.78 is 4.88. The summed E-state index contributed by atoms with van der Waals surface area (Å²) in [6.45, 7) is 5.56. The van der Waals surface area contributed by atoms with Crippen LogP contribution in [0.2, 0.25) is 0 Å². The third kappa shape index (κ3) is 2.63. The summed E-state index contributed by atoms with van der Waals surface area (Å²) in [5, 5.41) is 0. The van der Waals surface area contributed by atoms with Crippen LogP contribution in [-0.4, -0.2) is 31.2 Å². The SMILES string of the molecule is COC(=O)C1CN(c2c(C)cccc2C(N)=S)CC1C. The number of carbonyl (C=O) groups excluding carboxylic acids is 1. The van der Waals surface area contributed by atoms with Crippen molar-refractivity contribution >= 4 is 28.9 Å². The van der Waals surface area contributed by atoms with Crippen molar-refractivity contribution in [1.82, 2.24) is 0 Å². The number of rotatable bonds is 3. The number of hydrogen-bond donors (Lipinski definition) is 1. The van der Waals surface area contributed by atoms with Crippen molar-refractivity contribution in [3.05, 3.63) is 29.3 Å². The standard InChI is InChI=1S/C15H20N2O2S/c1-9-5-4-6-11(14(16)20)13(9)17-7-10(2)12(8-17)15(18)19-3/h4-6,10,12H,7-8H2,1-3H3,(H2,16,20). The highest BCUT2D eigenvalue weighted by Gasteiger charge is 2.36. The molecule has 2 N–H and O–H groups in total. The molecule has 5 heteroatoms. The predicted octanol–water partition coefficient (Wildman–Crippen LogP) is 1.87. The molecule has 1 aliphatic rings. The van der Waals surface area contributed by atoms with Gasteiger partial charge < -0.3 is 15.4 Å². The van der Waals surface area contributed by atoms with Gasteiger partial charge in [-0.1, -0.05) is 31.3 Å². The van der Waals surface area contributed by atoms with Gasteiger partial charge in [0.05, 0.1) is 13.0 Å². The van der Waals surface area contributed by atoms with E-state index in [9.17, 15) is 4.79 Å². The van der Waals surface area contributed by atoms with E-state index in [1.165, 1.54) is 7.11 Å². The van der Waals surface area contributed by atoms with E-state index in [1.807, 2.05) is 25.1 Å². The van der Waals surface area contributed by atoms with Crippen LogP contribution < -0.4 is 10.6 Å². The Balaban J connectivity index is 2.35. The van der Waals surface area contributed by atoms with Crippen molar-refractivity contribution < 1.29 is 9.53 Å². The lowest BCUT2D eigenvalue weighted by atomic mass is 9.99. The van der Waals surface area contributed by atoms with Crippen LogP contribution >= 0.6 is 12.2 Å². The molecule has 0 radical (unpaired) electrons. The largest absolute Gasteiger partial charge is 0.469 e. The van der Waals surface area contributed by atoms with Gasteiger partial charge in [0, 0.05) is 24.3 Å². The van der Waals surface area contributed by atoms with Crippen molar-refractivity contribution in [2.75, 3.05) is 25.1 Å². The summed E-state index contributed by atoms with van der Waals surface area (Å²) in [7, 11) is 1.44. The molecule has 0 spiro atoms. The van der Waals surface area contributed by atoms with Crippen molar-refractivity contribution in [1.29, 1.82) is 0 Å². The van der Waals surface area contributed by atoms with Gasteiger partial charge in [0.15, 0.2) is 0 Å². The predicted molar refractivity (Wildman–Crippen MR) is 83.9 cm³/mol. The number of thiocarbonyl (C=S) groups is 1. The minimum atomic E-state index is -0.148. The Labute approximate surface area is 124 Å². The Bertz CT molecular complexity index is 545. The van der Waals surface area contributed by atoms with Crippen LogP contribution in [0.4, 0.5) is 5.69 Å². The van der Waals surface area contributed by atoms with Gasteiger partial charge >= 0.3 is 5.97 Å². The third-order valence-electron chi connectivity index (χ3n) is 3.94. The van der Waals surface area contributed by atoms with Crippen molar-refractivity contribution in [2.45, 2.75) is 13.8 Å². The average molecular weight is 292 g/mol. The van der Waals surface area contributed by atoms with Crippen LogP contribution in [0, 0.1) is 18.8 Å². The number of carbonyl (C=O) groups is 1. The molecular weight excluding hydrogens is 272 g/mol. The normalized spacial score (nSPS) is 21.9. The maximum atomic E-state index is 11.8. The summed E-state index contributed by atoms with van der Waals surface area (Å²) in [5.41, 5.74) is 8.85. The Morgan fingerprint density at radius 3 is 2.75 bits per heavy atom. The number of benzene rings is 1. The van der Waals surface area contributed by atoms with E-state index < -0.39 is 0 Å². The molecule has 1 aliphatic heterocycles. The smallest absolute Gasteiger partial charge is 0.310 e. The maximum absolute atomic E-state index is 11.8. The molecule has 0 saturated carbocycles. The lowest BCUT2D eigenvalue weighted by Gasteiger charge is -2.24. The van der Waals surface area contributed by atoms with Gasteiger partial charge in [0.2, 0.25) is 0 Å². The molecule has 108 valence electrons. The first-order valence-electron chi connectivity index (χ1n) is 6.68. The summed E-state index contributed by atoms with van der Waals surface area (Å²) in [6, 6.07) is 5.92. The Kier molecular flexibility index (Phi) is 4.28. The molecule has 4 nitrogen and oxygen atoms in total. The van der Waals surface area contributed by atoms with Gasteiger partial charge in [-0.15, -0.1) is 0 Å². The molecule has 0 bridgehead atoms. The first kappa shape index (κ1) is 14.8. The molecule has 1 aromatic rings. The number of hydrogen-bond acceptors (Lipinski definition) is 4. The quantitative estimate of drug-likeness (QED) is 0.681. The van der Waals surface area contributed by atoms with Crippen LogP contribution in [0.1, 0.15) is 18.1 Å². The molecule has 0 amide bonds. The number of anilines is 1. The second-order valence-electron chi connectivity index (χ2n) is 5.35. The summed E-state index contributed by atoms with van der Waals surface area (Å²) in [5.74, 6) is 0.00510. The zero-order valence-electron chi connectivity index (χ0n) is 12.1. The topological polar surface area (TPSA) is 55.6 Å². The summed E-state index contributed by atoms with van der Waals surface area (Å²) in [6.07, 6.45) is 0. The molecular formula is C15H20N2O2S. The fourth-order valence-electron chi connectivity index (χ4n) is 2.89. The van der Waals surface area contributed by atoms with Gasteiger partial charge in [0.25, 0.3) is 0 Å². The highest BCUT2D eigenvalue weighted by Crippen LogP contribution is 2.33. The van der Waals surface area contributed by atoms with Crippen LogP contribution in [-0.2, 0) is 9.53 Å². The van der Waals surface area contributed by atoms with Gasteiger partial charge in [-0.3, -0.25) is 4.79 Å². The Morgan fingerprint density at radius 1 is 1.45 bits per heavy atom. The van der Waals surface area contributed by atoms with Crippen molar-refractivity contribution in [3.8, 4) is 0 Å². The van der Waals surface area contributed by atoms with Gasteiger partial charge in [-0.05, 0) is 24.5 Å². The molecule has 1 heterocycles. The zero-order chi connectivity index (χ0) is 14.9. The lowest BCUT2D eigenvalue weighted by Crippen LogP contribution is -2.27. The molecule has 1 fully saturated rings. The van der Waals surface area contributed by atoms with E-state index in [0.29, 0.717) is 11.5 Å². The molecule has 2 unspecified atom stereocenters. The molecule has 1 aromatic carbocycles. The second-order valence-corrected chi connectivity index (χ2v) is 5.79. The summed E-state index contributed by atoms with van der Waals surface area (Å²) in [4.78, 5) is 14.4. The lowest BCUT2D eigenvalue weighted by molar-refractivity contribution is -0.145. The zero-order valence-corrected chi connectivity index (χ0v) is 12.9. The van der Waals surface area contributed by atoms with Gasteiger partial charge in [-0.25, -0.2) is 0 Å². The van der Waals surface area contributed by atoms with E-state index in [1.54, 1.807) is 0 Å². The highest BCUT2D eigenvalue weighted by atomic mass is 32.1. The maximum Gasteiger partial charge on any atom is 0.310 e. The molecule has 2 rings (SSSR count). The van der Waals surface area contributed by atoms with E-state index in [4.69, 9.17) is 22.7 Å². The minimum Gasteiger partial charge on any atom is -0.469 e. The van der Waals surface area contributed by atoms with Gasteiger partial charge in [0.1, 0.15) is 4.99 Å². The minimum absolute atomic E-state index is 0.0983. The van der Waals surface area contributed by atoms with Crippen LogP contribution in [0.25, 0.3) is 0 Å². The highest BCUT2D eigenvalue weighted by molar-refractivity contribution is 7.80. The number of nitrogens with two attached hydrogens (primary N) is 1. The first-order valence-corrected chi connectivity index (χ1v) is 7.08. The Hall–Kier alpha value is -1.62. The van der Waals surface area contributed by atoms with E-state index in [0.717, 1.165) is 23.4 Å². The fourth-order valence-corrected chi connectivity index (χ4v) is 3.05. The number of methoxy groups -OCH3 is 1.